The van der Waals surface area contributed by atoms with Crippen LogP contribution in [0, 0.1) is 57.2 Å². The number of carbonyl (C=O) groups excluding carboxylic acids is 3. The fraction of sp³-hybridized carbons (Fsp3) is 0.543. The third kappa shape index (κ3) is 8.56. The highest BCUT2D eigenvalue weighted by Crippen LogP contribution is 2.53. The topological polar surface area (TPSA) is 173 Å². The molecule has 14 heteroatoms. The Bertz CT molecular complexity index is 2510. The van der Waals surface area contributed by atoms with Gasteiger partial charge in [-0.2, -0.15) is 21.0 Å². The van der Waals surface area contributed by atoms with E-state index in [1.165, 1.54) is 9.80 Å². The molecule has 10 nitrogen and oxygen atoms in total. The van der Waals surface area contributed by atoms with Gasteiger partial charge in [0.25, 0.3) is 17.7 Å². The van der Waals surface area contributed by atoms with Crippen LogP contribution in [0.25, 0.3) is 29.6 Å². The number of unbranched alkanes of at least 4 members (excludes halogenated alkanes) is 8. The van der Waals surface area contributed by atoms with E-state index < -0.39 is 23.9 Å². The summed E-state index contributed by atoms with van der Waals surface area (Å²) in [5.74, 6) is -1.43. The second kappa shape index (κ2) is 20.4. The van der Waals surface area contributed by atoms with Crippen LogP contribution in [0.3, 0.4) is 0 Å². The van der Waals surface area contributed by atoms with Crippen molar-refractivity contribution >= 4 is 92.6 Å². The van der Waals surface area contributed by atoms with Gasteiger partial charge < -0.3 is 10.0 Å². The van der Waals surface area contributed by atoms with Gasteiger partial charge in [-0.3, -0.25) is 19.3 Å². The molecule has 2 aromatic heterocycles. The van der Waals surface area contributed by atoms with Gasteiger partial charge in [0.15, 0.2) is 6.23 Å². The summed E-state index contributed by atoms with van der Waals surface area (Å²) in [7, 11) is 0. The SMILES string of the molecule is CCCCCCC(CCCC)CN1C(=O)c2c3sc(C#N)c(C#N)sc3c3c4c(c5sc(C#N)c(C#N)sc5c(c24)C1=O)C(O)N(CC(CCCC)CCCCCC)C3=O. The van der Waals surface area contributed by atoms with E-state index in [1.54, 1.807) is 0 Å². The van der Waals surface area contributed by atoms with Gasteiger partial charge in [0, 0.05) is 29.4 Å². The van der Waals surface area contributed by atoms with E-state index in [1.807, 2.05) is 0 Å². The van der Waals surface area contributed by atoms with Gasteiger partial charge in [-0.1, -0.05) is 105 Å². The molecule has 3 atom stereocenters. The van der Waals surface area contributed by atoms with E-state index in [0.717, 1.165) is 148 Å². The Hall–Kier alpha value is -4.41. The second-order valence-corrected chi connectivity index (χ2v) is 20.1. The summed E-state index contributed by atoms with van der Waals surface area (Å²) in [4.78, 5) is 48.8. The van der Waals surface area contributed by atoms with Gasteiger partial charge in [0.1, 0.15) is 43.8 Å². The Morgan fingerprint density at radius 3 is 1.33 bits per heavy atom. The zero-order chi connectivity index (χ0) is 43.1. The molecule has 2 aliphatic heterocycles. The van der Waals surface area contributed by atoms with Crippen molar-refractivity contribution in [1.29, 1.82) is 21.0 Å². The summed E-state index contributed by atoms with van der Waals surface area (Å²) in [5.41, 5.74) is 0.818. The van der Waals surface area contributed by atoms with Crippen molar-refractivity contribution in [2.75, 3.05) is 13.1 Å². The fourth-order valence-electron chi connectivity index (χ4n) is 8.84. The Kier molecular flexibility index (Phi) is 15.4. The first-order chi connectivity index (χ1) is 29.1. The Balaban J connectivity index is 1.68. The lowest BCUT2D eigenvalue weighted by atomic mass is 9.84. The lowest BCUT2D eigenvalue weighted by molar-refractivity contribution is -0.00232. The number of aliphatic hydroxyl groups is 1. The molecule has 3 unspecified atom stereocenters. The van der Waals surface area contributed by atoms with Crippen LogP contribution < -0.4 is 0 Å². The number of fused-ring (bicyclic) bond motifs is 6. The molecule has 60 heavy (non-hydrogen) atoms. The number of hydrogen-bond donors (Lipinski definition) is 1. The van der Waals surface area contributed by atoms with E-state index in [0.29, 0.717) is 24.4 Å². The van der Waals surface area contributed by atoms with Gasteiger partial charge in [-0.05, 0) is 37.5 Å². The Morgan fingerprint density at radius 2 is 0.900 bits per heavy atom. The van der Waals surface area contributed by atoms with Crippen molar-refractivity contribution in [3.63, 3.8) is 0 Å². The van der Waals surface area contributed by atoms with Crippen LogP contribution in [0.2, 0.25) is 0 Å². The average Bonchev–Trinajstić information content (AvgIpc) is 3.26. The van der Waals surface area contributed by atoms with Crippen molar-refractivity contribution in [1.82, 2.24) is 9.80 Å². The molecular weight excluding hydrogens is 829 g/mol. The van der Waals surface area contributed by atoms with Gasteiger partial charge in [0.2, 0.25) is 0 Å². The first-order valence-electron chi connectivity index (χ1n) is 21.5. The molecule has 0 saturated heterocycles. The van der Waals surface area contributed by atoms with Crippen molar-refractivity contribution in [2.24, 2.45) is 11.8 Å². The molecule has 2 aromatic carbocycles. The number of benzene rings is 2. The molecule has 0 aliphatic carbocycles. The quantitative estimate of drug-likeness (QED) is 0.0518. The van der Waals surface area contributed by atoms with Crippen LogP contribution in [0.15, 0.2) is 0 Å². The predicted octanol–water partition coefficient (Wildman–Crippen LogP) is 12.6. The maximum atomic E-state index is 15.2. The number of hydrogen-bond acceptors (Lipinski definition) is 12. The maximum absolute atomic E-state index is 15.2. The molecular formula is C46H52N6O4S4. The second-order valence-electron chi connectivity index (χ2n) is 16.0. The van der Waals surface area contributed by atoms with E-state index in [2.05, 4.69) is 52.0 Å². The van der Waals surface area contributed by atoms with Crippen LogP contribution in [0.4, 0.5) is 0 Å². The monoisotopic (exact) mass is 880 g/mol. The summed E-state index contributed by atoms with van der Waals surface area (Å²) >= 11 is 3.96. The zero-order valence-corrected chi connectivity index (χ0v) is 38.2. The lowest BCUT2D eigenvalue weighted by Crippen LogP contribution is -2.45. The van der Waals surface area contributed by atoms with E-state index in [-0.39, 0.29) is 71.9 Å². The maximum Gasteiger partial charge on any atom is 0.262 e. The normalized spacial score (nSPS) is 15.6. The van der Waals surface area contributed by atoms with Gasteiger partial charge >= 0.3 is 0 Å². The molecule has 0 saturated carbocycles. The smallest absolute Gasteiger partial charge is 0.262 e. The molecule has 0 spiro atoms. The van der Waals surface area contributed by atoms with Crippen molar-refractivity contribution in [3.05, 3.63) is 41.8 Å². The Labute approximate surface area is 368 Å². The number of aliphatic hydroxyl groups excluding tert-OH is 1. The molecule has 3 amide bonds. The van der Waals surface area contributed by atoms with Gasteiger partial charge in [0.05, 0.1) is 35.5 Å². The zero-order valence-electron chi connectivity index (χ0n) is 34.9. The van der Waals surface area contributed by atoms with E-state index in [4.69, 9.17) is 0 Å². The van der Waals surface area contributed by atoms with Crippen LogP contribution in [-0.4, -0.2) is 45.7 Å². The number of amides is 3. The molecule has 2 aliphatic rings. The molecule has 0 fully saturated rings. The van der Waals surface area contributed by atoms with Crippen molar-refractivity contribution in [2.45, 2.75) is 137 Å². The van der Waals surface area contributed by atoms with Crippen molar-refractivity contribution < 1.29 is 19.5 Å². The molecule has 4 aromatic rings. The largest absolute Gasteiger partial charge is 0.369 e. The number of nitriles is 4. The summed E-state index contributed by atoms with van der Waals surface area (Å²) in [6, 6.07) is 8.56. The number of nitrogens with zero attached hydrogens (tertiary/aromatic N) is 6. The number of imide groups is 1. The molecule has 1 N–H and O–H groups in total. The fourth-order valence-corrected chi connectivity index (χ4v) is 13.4. The highest BCUT2D eigenvalue weighted by atomic mass is 32.1. The minimum Gasteiger partial charge on any atom is -0.369 e. The minimum atomic E-state index is -1.48. The molecule has 314 valence electrons. The lowest BCUT2D eigenvalue weighted by Gasteiger charge is -2.39. The number of carbonyl (C=O) groups is 3. The highest BCUT2D eigenvalue weighted by Gasteiger charge is 2.45. The summed E-state index contributed by atoms with van der Waals surface area (Å²) in [5, 5.41) is 54.2. The van der Waals surface area contributed by atoms with Gasteiger partial charge in [-0.25, -0.2) is 0 Å². The molecule has 0 radical (unpaired) electrons. The summed E-state index contributed by atoms with van der Waals surface area (Å²) in [6.45, 7) is 9.00. The van der Waals surface area contributed by atoms with E-state index >= 15 is 14.4 Å². The third-order valence-corrected chi connectivity index (χ3v) is 16.9. The molecule has 4 heterocycles. The number of rotatable bonds is 20. The molecule has 6 rings (SSSR count). The van der Waals surface area contributed by atoms with Crippen LogP contribution >= 0.6 is 45.3 Å². The predicted molar refractivity (Wildman–Crippen MR) is 242 cm³/mol. The first-order valence-corrected chi connectivity index (χ1v) is 24.8. The summed E-state index contributed by atoms with van der Waals surface area (Å²) in [6.07, 6.45) is 14.2. The molecule has 0 bridgehead atoms. The summed E-state index contributed by atoms with van der Waals surface area (Å²) < 4.78 is 1.48. The van der Waals surface area contributed by atoms with Crippen LogP contribution in [-0.2, 0) is 0 Å². The van der Waals surface area contributed by atoms with Crippen molar-refractivity contribution in [3.8, 4) is 24.3 Å². The van der Waals surface area contributed by atoms with Gasteiger partial charge in [-0.15, -0.1) is 45.3 Å². The highest BCUT2D eigenvalue weighted by molar-refractivity contribution is 7.31. The van der Waals surface area contributed by atoms with E-state index in [9.17, 15) is 26.2 Å². The average molecular weight is 881 g/mol. The van der Waals surface area contributed by atoms with Crippen LogP contribution in [0.1, 0.15) is 193 Å². The third-order valence-electron chi connectivity index (χ3n) is 11.9. The first kappa shape index (κ1) is 45.1. The minimum absolute atomic E-state index is 0.0407. The standard InChI is InChI=1S/C46H52N6O4S4/c1-5-9-13-15-19-27(17-11-7-3)25-51-43(53)35-33-34-37(41-39(35)57-29(21-47)31(23-49)59-41)45(55)52(26-28(18-12-8-4)20-16-14-10-6-2)46(56)38(34)42-40(36(33)44(51)54)58-30(22-48)32(24-50)60-42/h27-28,43,53H,5-20,25-26H2,1-4H3. The Morgan fingerprint density at radius 1 is 0.517 bits per heavy atom. The van der Waals surface area contributed by atoms with Crippen LogP contribution in [0.5, 0.6) is 0 Å².